The van der Waals surface area contributed by atoms with E-state index in [2.05, 4.69) is 10.1 Å². The molecular formula is C22H19F3N4O3. The Morgan fingerprint density at radius 3 is 2.41 bits per heavy atom. The lowest BCUT2D eigenvalue weighted by Gasteiger charge is -2.40. The van der Waals surface area contributed by atoms with Crippen LogP contribution >= 0.6 is 0 Å². The van der Waals surface area contributed by atoms with Crippen LogP contribution in [-0.4, -0.2) is 64.1 Å². The van der Waals surface area contributed by atoms with Crippen molar-refractivity contribution in [1.29, 1.82) is 0 Å². The number of halogens is 3. The summed E-state index contributed by atoms with van der Waals surface area (Å²) >= 11 is 0. The fraction of sp³-hybridized carbons (Fsp3) is 0.318. The zero-order valence-corrected chi connectivity index (χ0v) is 16.8. The van der Waals surface area contributed by atoms with Gasteiger partial charge in [0.15, 0.2) is 5.82 Å². The molecule has 32 heavy (non-hydrogen) atoms. The van der Waals surface area contributed by atoms with Crippen LogP contribution in [0.5, 0.6) is 0 Å². The number of alkyl halides is 3. The second-order valence-electron chi connectivity index (χ2n) is 7.71. The van der Waals surface area contributed by atoms with Crippen LogP contribution in [0.4, 0.5) is 13.2 Å². The molecule has 2 atom stereocenters. The van der Waals surface area contributed by atoms with Gasteiger partial charge in [0.2, 0.25) is 5.82 Å². The number of hydrogen-bond acceptors (Lipinski definition) is 5. The van der Waals surface area contributed by atoms with Crippen LogP contribution in [0.25, 0.3) is 17.1 Å². The van der Waals surface area contributed by atoms with Crippen molar-refractivity contribution in [2.75, 3.05) is 26.3 Å². The molecule has 2 fully saturated rings. The normalized spacial score (nSPS) is 20.9. The van der Waals surface area contributed by atoms with E-state index in [4.69, 9.17) is 9.47 Å². The second kappa shape index (κ2) is 8.03. The molecule has 2 unspecified atom stereocenters. The third-order valence-electron chi connectivity index (χ3n) is 5.38. The van der Waals surface area contributed by atoms with Gasteiger partial charge in [-0.3, -0.25) is 4.79 Å². The van der Waals surface area contributed by atoms with E-state index in [1.165, 1.54) is 16.8 Å². The summed E-state index contributed by atoms with van der Waals surface area (Å²) in [7, 11) is 0. The highest BCUT2D eigenvalue weighted by atomic mass is 19.4. The number of rotatable bonds is 3. The minimum atomic E-state index is -4.50. The number of morpholine rings is 1. The second-order valence-corrected chi connectivity index (χ2v) is 7.71. The molecule has 5 rings (SSSR count). The summed E-state index contributed by atoms with van der Waals surface area (Å²) in [6.45, 7) is 1.49. The Bertz CT molecular complexity index is 1120. The largest absolute Gasteiger partial charge is 0.416 e. The first kappa shape index (κ1) is 20.7. The van der Waals surface area contributed by atoms with E-state index in [0.717, 1.165) is 12.1 Å². The molecule has 2 aromatic carbocycles. The molecule has 10 heteroatoms. The highest BCUT2D eigenvalue weighted by molar-refractivity contribution is 5.91. The summed E-state index contributed by atoms with van der Waals surface area (Å²) in [5.74, 6) is -0.194. The zero-order valence-electron chi connectivity index (χ0n) is 16.8. The van der Waals surface area contributed by atoms with Crippen molar-refractivity contribution < 1.29 is 27.4 Å². The van der Waals surface area contributed by atoms with Gasteiger partial charge in [0.25, 0.3) is 5.91 Å². The number of ether oxygens (including phenoxy) is 2. The Kier molecular flexibility index (Phi) is 5.18. The molecule has 7 nitrogen and oxygen atoms in total. The number of fused-ring (bicyclic) bond motifs is 2. The van der Waals surface area contributed by atoms with Crippen molar-refractivity contribution in [2.45, 2.75) is 18.4 Å². The maximum Gasteiger partial charge on any atom is 0.416 e. The van der Waals surface area contributed by atoms with E-state index < -0.39 is 17.6 Å². The van der Waals surface area contributed by atoms with Crippen molar-refractivity contribution in [3.8, 4) is 17.1 Å². The van der Waals surface area contributed by atoms with Gasteiger partial charge in [0, 0.05) is 18.7 Å². The molecular weight excluding hydrogens is 425 g/mol. The predicted molar refractivity (Wildman–Crippen MR) is 107 cm³/mol. The topological polar surface area (TPSA) is 69.5 Å². The molecule has 0 radical (unpaired) electrons. The first-order valence-corrected chi connectivity index (χ1v) is 10.1. The Morgan fingerprint density at radius 1 is 1.00 bits per heavy atom. The van der Waals surface area contributed by atoms with Crippen LogP contribution in [0.15, 0.2) is 54.6 Å². The quantitative estimate of drug-likeness (QED) is 0.621. The number of hydrogen-bond donors (Lipinski definition) is 0. The van der Waals surface area contributed by atoms with Gasteiger partial charge in [-0.05, 0) is 18.2 Å². The highest BCUT2D eigenvalue weighted by Gasteiger charge is 2.36. The van der Waals surface area contributed by atoms with Gasteiger partial charge >= 0.3 is 6.18 Å². The van der Waals surface area contributed by atoms with E-state index in [-0.39, 0.29) is 29.5 Å². The van der Waals surface area contributed by atoms with E-state index in [1.807, 2.05) is 6.07 Å². The van der Waals surface area contributed by atoms with Crippen molar-refractivity contribution in [3.63, 3.8) is 0 Å². The molecule has 1 aromatic heterocycles. The summed E-state index contributed by atoms with van der Waals surface area (Å²) in [5, 5.41) is 4.32. The SMILES string of the molecule is O=C(c1nc(-c2ccccc2)n(-c2cccc(C(F)(F)F)c2)n1)N1CC2COCC(C1)O2. The molecule has 3 heterocycles. The minimum Gasteiger partial charge on any atom is -0.376 e. The summed E-state index contributed by atoms with van der Waals surface area (Å²) in [6.07, 6.45) is -4.94. The number of carbonyl (C=O) groups excluding carboxylic acids is 1. The van der Waals surface area contributed by atoms with Crippen molar-refractivity contribution in [1.82, 2.24) is 19.7 Å². The number of amides is 1. The van der Waals surface area contributed by atoms with Crippen LogP contribution in [-0.2, 0) is 15.7 Å². The average Bonchev–Trinajstić information content (AvgIpc) is 3.24. The summed E-state index contributed by atoms with van der Waals surface area (Å²) in [4.78, 5) is 19.2. The maximum atomic E-state index is 13.3. The molecule has 3 aromatic rings. The highest BCUT2D eigenvalue weighted by Crippen LogP contribution is 2.31. The lowest BCUT2D eigenvalue weighted by Crippen LogP contribution is -2.55. The molecule has 0 aliphatic carbocycles. The molecule has 0 spiro atoms. The zero-order chi connectivity index (χ0) is 22.3. The van der Waals surface area contributed by atoms with Crippen LogP contribution in [0.3, 0.4) is 0 Å². The van der Waals surface area contributed by atoms with Gasteiger partial charge in [-0.1, -0.05) is 36.4 Å². The van der Waals surface area contributed by atoms with Gasteiger partial charge in [-0.25, -0.2) is 9.67 Å². The molecule has 2 aliphatic heterocycles. The van der Waals surface area contributed by atoms with Gasteiger partial charge in [0.1, 0.15) is 0 Å². The Labute approximate surface area is 181 Å². The minimum absolute atomic E-state index is 0.0813. The molecule has 2 bridgehead atoms. The average molecular weight is 444 g/mol. The standard InChI is InChI=1S/C22H19F3N4O3/c23-22(24,25)15-7-4-8-16(9-15)29-20(14-5-2-1-3-6-14)26-19(27-29)21(30)28-10-17-12-31-13-18(11-28)32-17/h1-9,17-18H,10-13H2. The van der Waals surface area contributed by atoms with E-state index in [1.54, 1.807) is 29.2 Å². The lowest BCUT2D eigenvalue weighted by molar-refractivity contribution is -0.172. The Hall–Kier alpha value is -3.24. The summed E-state index contributed by atoms with van der Waals surface area (Å²) < 4.78 is 52.3. The predicted octanol–water partition coefficient (Wildman–Crippen LogP) is 3.19. The maximum absolute atomic E-state index is 13.3. The molecule has 2 saturated heterocycles. The molecule has 166 valence electrons. The Morgan fingerprint density at radius 2 is 1.72 bits per heavy atom. The van der Waals surface area contributed by atoms with Crippen molar-refractivity contribution in [2.24, 2.45) is 0 Å². The fourth-order valence-electron chi connectivity index (χ4n) is 3.92. The van der Waals surface area contributed by atoms with Crippen LogP contribution in [0.1, 0.15) is 16.2 Å². The van der Waals surface area contributed by atoms with E-state index >= 15 is 0 Å². The molecule has 2 aliphatic rings. The van der Waals surface area contributed by atoms with Gasteiger partial charge in [0.05, 0.1) is 36.7 Å². The fourth-order valence-corrected chi connectivity index (χ4v) is 3.92. The summed E-state index contributed by atoms with van der Waals surface area (Å²) in [6, 6.07) is 13.7. The van der Waals surface area contributed by atoms with Gasteiger partial charge in [-0.15, -0.1) is 5.10 Å². The first-order valence-electron chi connectivity index (χ1n) is 10.1. The van der Waals surface area contributed by atoms with Crippen molar-refractivity contribution in [3.05, 3.63) is 66.0 Å². The lowest BCUT2D eigenvalue weighted by atomic mass is 10.1. The van der Waals surface area contributed by atoms with E-state index in [0.29, 0.717) is 31.9 Å². The van der Waals surface area contributed by atoms with Crippen molar-refractivity contribution >= 4 is 5.91 Å². The van der Waals surface area contributed by atoms with Crippen LogP contribution in [0, 0.1) is 0 Å². The Balaban J connectivity index is 1.54. The van der Waals surface area contributed by atoms with Gasteiger partial charge in [-0.2, -0.15) is 13.2 Å². The third-order valence-corrected chi connectivity index (χ3v) is 5.38. The first-order chi connectivity index (χ1) is 15.4. The van der Waals surface area contributed by atoms with E-state index in [9.17, 15) is 18.0 Å². The smallest absolute Gasteiger partial charge is 0.376 e. The van der Waals surface area contributed by atoms with Crippen LogP contribution in [0.2, 0.25) is 0 Å². The monoisotopic (exact) mass is 444 g/mol. The molecule has 1 amide bonds. The third kappa shape index (κ3) is 3.98. The molecule has 0 N–H and O–H groups in total. The summed E-state index contributed by atoms with van der Waals surface area (Å²) in [5.41, 5.74) is -0.0143. The number of nitrogens with zero attached hydrogens (tertiary/aromatic N) is 4. The molecule has 0 saturated carbocycles. The number of aromatic nitrogens is 3. The number of benzene rings is 2. The van der Waals surface area contributed by atoms with Gasteiger partial charge < -0.3 is 14.4 Å². The number of carbonyl (C=O) groups is 1. The van der Waals surface area contributed by atoms with Crippen LogP contribution < -0.4 is 0 Å².